The third-order valence-electron chi connectivity index (χ3n) is 27.8. The van der Waals surface area contributed by atoms with E-state index in [0.717, 1.165) is 33.1 Å². The van der Waals surface area contributed by atoms with Crippen LogP contribution < -0.4 is 0 Å². The van der Waals surface area contributed by atoms with E-state index in [-0.39, 0.29) is 0 Å². The number of rotatable bonds is 13. The van der Waals surface area contributed by atoms with Crippen LogP contribution in [-0.4, -0.2) is 18.3 Å². The third kappa shape index (κ3) is 14.2. The zero-order chi connectivity index (χ0) is 91.1. The van der Waals surface area contributed by atoms with Crippen LogP contribution in [0.4, 0.5) is 0 Å². The summed E-state index contributed by atoms with van der Waals surface area (Å²) in [6.07, 6.45) is 0. The fourth-order valence-electron chi connectivity index (χ4n) is 21.3. The molecule has 0 atom stereocenters. The van der Waals surface area contributed by atoms with Crippen molar-refractivity contribution in [3.63, 3.8) is 0 Å². The second kappa shape index (κ2) is 34.3. The second-order valence-corrected chi connectivity index (χ2v) is 36.7. The molecule has 0 aliphatic heterocycles. The van der Waals surface area contributed by atoms with Gasteiger partial charge in [0.05, 0.1) is 61.2 Å². The van der Waals surface area contributed by atoms with Gasteiger partial charge in [0.1, 0.15) is 11.2 Å². The van der Waals surface area contributed by atoms with E-state index in [9.17, 15) is 0 Å². The standard InChI is InChI=1S/C48H32N2.C42H27NO.C42H27NS/c1-3-14-33(15-4-1)36-30-31-42-40-19-8-12-25-46(40)50(47(42)32-36)44-23-10-7-18-38(44)34-26-28-35(29-27-34)39-21-13-22-43-41-20-9-11-24-45(41)49(48(39)43)37-16-5-2-6-17-37;1-2-10-28(11-3-1)31-22-24-35-34-13-5-8-16-39(34)43(40(35)26-31)38-15-7-4-12-33(38)30-20-18-29(19-21-30)32-23-25-37-36-14-6-9-17-41(36)44-42(37)27-32;1-2-10-28(11-3-1)32-22-24-35-34-13-5-8-16-39(34)43(40(35)27-32)38-15-7-4-12-33(38)30-20-18-29(19-21-30)31-23-25-42-37(26-31)36-14-6-9-17-41(36)44-42/h1-32H;2*1-27H. The molecule has 0 bridgehead atoms. The Morgan fingerprint density at radius 2 is 0.428 bits per heavy atom. The van der Waals surface area contributed by atoms with Crippen molar-refractivity contribution in [3.05, 3.63) is 522 Å². The summed E-state index contributed by atoms with van der Waals surface area (Å²) in [6.45, 7) is 0. The van der Waals surface area contributed by atoms with Gasteiger partial charge in [0.2, 0.25) is 0 Å². The molecule has 5 nitrogen and oxygen atoms in total. The average molecular weight is 1780 g/mol. The highest BCUT2D eigenvalue weighted by molar-refractivity contribution is 7.25. The van der Waals surface area contributed by atoms with E-state index in [1.54, 1.807) is 0 Å². The van der Waals surface area contributed by atoms with Crippen LogP contribution in [-0.2, 0) is 0 Å². The van der Waals surface area contributed by atoms with Crippen molar-refractivity contribution < 1.29 is 4.42 Å². The molecule has 0 aliphatic carbocycles. The number of hydrogen-bond acceptors (Lipinski definition) is 2. The average Bonchev–Trinajstić information content (AvgIpc) is 1.59. The molecular weight excluding hydrogens is 1690 g/mol. The van der Waals surface area contributed by atoms with E-state index in [2.05, 4.69) is 528 Å². The highest BCUT2D eigenvalue weighted by atomic mass is 32.1. The molecule has 0 N–H and O–H groups in total. The van der Waals surface area contributed by atoms with E-state index in [1.165, 1.54) is 219 Å². The largest absolute Gasteiger partial charge is 0.456 e. The summed E-state index contributed by atoms with van der Waals surface area (Å²) in [6, 6.07) is 189. The normalized spacial score (nSPS) is 11.6. The first-order chi connectivity index (χ1) is 68.5. The quantitative estimate of drug-likeness (QED) is 0.113. The number of thiophene rings is 1. The molecule has 6 heteroatoms. The molecule has 0 amide bonds. The molecule has 28 rings (SSSR count). The monoisotopic (exact) mass is 1770 g/mol. The smallest absolute Gasteiger partial charge is 0.136 e. The van der Waals surface area contributed by atoms with Crippen LogP contribution >= 0.6 is 11.3 Å². The molecule has 0 unspecified atom stereocenters. The first kappa shape index (κ1) is 80.9. The zero-order valence-corrected chi connectivity index (χ0v) is 76.1. The number of furan rings is 1. The fraction of sp³-hybridized carbons (Fsp3) is 0. The molecule has 0 fully saturated rings. The predicted molar refractivity (Wildman–Crippen MR) is 586 cm³/mol. The Kier molecular flexibility index (Phi) is 20.1. The molecule has 646 valence electrons. The van der Waals surface area contributed by atoms with Crippen LogP contribution in [0.15, 0.2) is 526 Å². The van der Waals surface area contributed by atoms with Gasteiger partial charge in [-0.2, -0.15) is 0 Å². The summed E-state index contributed by atoms with van der Waals surface area (Å²) in [7, 11) is 0. The van der Waals surface area contributed by atoms with E-state index >= 15 is 0 Å². The number of fused-ring (bicyclic) bond motifs is 18. The minimum Gasteiger partial charge on any atom is -0.456 e. The molecule has 0 aliphatic rings. The van der Waals surface area contributed by atoms with Crippen LogP contribution in [0.25, 0.3) is 252 Å². The number of aromatic nitrogens is 4. The predicted octanol–water partition coefficient (Wildman–Crippen LogP) is 36.7. The van der Waals surface area contributed by atoms with Gasteiger partial charge < -0.3 is 22.7 Å². The van der Waals surface area contributed by atoms with Crippen LogP contribution in [0.1, 0.15) is 0 Å². The summed E-state index contributed by atoms with van der Waals surface area (Å²) in [5.41, 5.74) is 37.9. The molecule has 0 saturated heterocycles. The summed E-state index contributed by atoms with van der Waals surface area (Å²) in [4.78, 5) is 0. The van der Waals surface area contributed by atoms with Gasteiger partial charge in [0.25, 0.3) is 0 Å². The van der Waals surface area contributed by atoms with Gasteiger partial charge in [0, 0.05) is 102 Å². The van der Waals surface area contributed by atoms with Crippen LogP contribution in [0.5, 0.6) is 0 Å². The van der Waals surface area contributed by atoms with Crippen molar-refractivity contribution in [1.29, 1.82) is 0 Å². The Morgan fingerprint density at radius 3 is 0.884 bits per heavy atom. The molecule has 0 spiro atoms. The van der Waals surface area contributed by atoms with Gasteiger partial charge in [-0.05, 0) is 187 Å². The van der Waals surface area contributed by atoms with Gasteiger partial charge in [0.15, 0.2) is 0 Å². The Hall–Kier alpha value is -17.9. The summed E-state index contributed by atoms with van der Waals surface area (Å²) >= 11 is 1.86. The van der Waals surface area contributed by atoms with E-state index < -0.39 is 0 Å². The lowest BCUT2D eigenvalue weighted by Crippen LogP contribution is -1.97. The lowest BCUT2D eigenvalue weighted by molar-refractivity contribution is 0.669. The highest BCUT2D eigenvalue weighted by Gasteiger charge is 2.24. The molecular formula is C132H86N4OS. The van der Waals surface area contributed by atoms with Crippen LogP contribution in [0.3, 0.4) is 0 Å². The molecule has 138 heavy (non-hydrogen) atoms. The second-order valence-electron chi connectivity index (χ2n) is 35.6. The van der Waals surface area contributed by atoms with Crippen molar-refractivity contribution in [1.82, 2.24) is 18.3 Å². The first-order valence-electron chi connectivity index (χ1n) is 47.2. The molecule has 6 aromatic heterocycles. The molecule has 0 radical (unpaired) electrons. The maximum absolute atomic E-state index is 6.17. The molecule has 6 heterocycles. The van der Waals surface area contributed by atoms with E-state index in [0.29, 0.717) is 0 Å². The lowest BCUT2D eigenvalue weighted by Gasteiger charge is -2.15. The molecule has 22 aromatic carbocycles. The Morgan fingerprint density at radius 1 is 0.145 bits per heavy atom. The van der Waals surface area contributed by atoms with Gasteiger partial charge in [-0.15, -0.1) is 11.3 Å². The lowest BCUT2D eigenvalue weighted by atomic mass is 9.97. The van der Waals surface area contributed by atoms with Gasteiger partial charge in [-0.25, -0.2) is 0 Å². The fourth-order valence-corrected chi connectivity index (χ4v) is 22.4. The van der Waals surface area contributed by atoms with Gasteiger partial charge in [-0.1, -0.05) is 413 Å². The first-order valence-corrected chi connectivity index (χ1v) is 48.1. The van der Waals surface area contributed by atoms with Crippen LogP contribution in [0, 0.1) is 0 Å². The minimum absolute atomic E-state index is 0.916. The van der Waals surface area contributed by atoms with E-state index in [4.69, 9.17) is 4.42 Å². The minimum atomic E-state index is 0.916. The summed E-state index contributed by atoms with van der Waals surface area (Å²) < 4.78 is 18.6. The zero-order valence-electron chi connectivity index (χ0n) is 75.3. The maximum atomic E-state index is 6.17. The maximum Gasteiger partial charge on any atom is 0.136 e. The Bertz CT molecular complexity index is 9540. The topological polar surface area (TPSA) is 32.9 Å². The highest BCUT2D eigenvalue weighted by Crippen LogP contribution is 2.47. The van der Waals surface area contributed by atoms with Gasteiger partial charge in [-0.3, -0.25) is 0 Å². The van der Waals surface area contributed by atoms with Crippen molar-refractivity contribution in [2.75, 3.05) is 0 Å². The molecule has 0 saturated carbocycles. The summed E-state index contributed by atoms with van der Waals surface area (Å²) in [5.74, 6) is 0. The van der Waals surface area contributed by atoms with Crippen molar-refractivity contribution in [3.8, 4) is 123 Å². The van der Waals surface area contributed by atoms with Crippen molar-refractivity contribution >= 4 is 141 Å². The number of para-hydroxylation sites is 10. The SMILES string of the molecule is c1ccc(-c2ccc3c4ccccc4n(-c4ccccc4-c4ccc(-c5ccc6c(c5)oc5ccccc56)cc4)c3c2)cc1.c1ccc(-c2ccc3c4ccccc4n(-c4ccccc4-c4ccc(-c5ccc6sc7ccccc7c6c5)cc4)c3c2)cc1.c1ccc(-c2ccc3c4ccccc4n(-c4ccccc4-c4ccc(-c5cccc6c7ccccc7n(-c7ccccc7)c56)cc4)c3c2)cc1. The third-order valence-corrected chi connectivity index (χ3v) is 29.0. The number of benzene rings is 22. The van der Waals surface area contributed by atoms with Crippen molar-refractivity contribution in [2.45, 2.75) is 0 Å². The number of hydrogen-bond donors (Lipinski definition) is 0. The summed E-state index contributed by atoms with van der Waals surface area (Å²) in [5, 5.41) is 15.1. The Balaban J connectivity index is 0.000000107. The van der Waals surface area contributed by atoms with Crippen LogP contribution in [0.2, 0.25) is 0 Å². The van der Waals surface area contributed by atoms with E-state index in [1.807, 2.05) is 23.5 Å². The molecule has 28 aromatic rings. The van der Waals surface area contributed by atoms with Crippen molar-refractivity contribution in [2.24, 2.45) is 0 Å². The number of nitrogens with zero attached hydrogens (tertiary/aromatic N) is 4. The Labute approximate surface area is 802 Å². The van der Waals surface area contributed by atoms with Gasteiger partial charge >= 0.3 is 0 Å².